The average Bonchev–Trinajstić information content (AvgIpc) is 3.51. The maximum atomic E-state index is 13.2. The van der Waals surface area contributed by atoms with Gasteiger partial charge in [-0.2, -0.15) is 5.10 Å². The van der Waals surface area contributed by atoms with E-state index in [4.69, 9.17) is 5.11 Å². The first-order valence-electron chi connectivity index (χ1n) is 10.3. The van der Waals surface area contributed by atoms with Crippen LogP contribution in [0, 0.1) is 11.8 Å². The molecule has 0 spiro atoms. The molecule has 1 aliphatic carbocycles. The molecule has 1 aliphatic rings. The molecule has 3 aromatic rings. The number of hydrogen-bond donors (Lipinski definition) is 3. The molecule has 2 amide bonds. The topological polar surface area (TPSA) is 111 Å². The Bertz CT molecular complexity index is 1060. The van der Waals surface area contributed by atoms with Crippen molar-refractivity contribution in [2.45, 2.75) is 36.8 Å². The molecule has 0 saturated heterocycles. The normalized spacial score (nSPS) is 15.3. The Morgan fingerprint density at radius 3 is 2.94 bits per heavy atom. The van der Waals surface area contributed by atoms with E-state index in [1.807, 2.05) is 18.2 Å². The van der Waals surface area contributed by atoms with Crippen molar-refractivity contribution < 1.29 is 14.7 Å². The van der Waals surface area contributed by atoms with Gasteiger partial charge in [0.25, 0.3) is 0 Å². The van der Waals surface area contributed by atoms with E-state index in [1.54, 1.807) is 24.2 Å². The van der Waals surface area contributed by atoms with Gasteiger partial charge in [-0.25, -0.2) is 9.78 Å². The van der Waals surface area contributed by atoms with E-state index in [0.29, 0.717) is 23.3 Å². The van der Waals surface area contributed by atoms with Crippen molar-refractivity contribution in [3.8, 4) is 0 Å². The summed E-state index contributed by atoms with van der Waals surface area (Å²) in [7, 11) is 0. The van der Waals surface area contributed by atoms with Gasteiger partial charge in [0.2, 0.25) is 0 Å². The number of aromatic nitrogens is 3. The van der Waals surface area contributed by atoms with E-state index >= 15 is 0 Å². The van der Waals surface area contributed by atoms with Crippen molar-refractivity contribution in [2.75, 3.05) is 22.5 Å². The summed E-state index contributed by atoms with van der Waals surface area (Å²) in [6.45, 7) is 2.34. The van der Waals surface area contributed by atoms with Crippen LogP contribution in [-0.2, 0) is 4.79 Å². The summed E-state index contributed by atoms with van der Waals surface area (Å²) in [4.78, 5) is 30.3. The summed E-state index contributed by atoms with van der Waals surface area (Å²) >= 11 is 2.80. The van der Waals surface area contributed by atoms with E-state index in [0.717, 1.165) is 33.6 Å². The number of benzene rings is 1. The number of aliphatic carboxylic acids is 1. The maximum absolute atomic E-state index is 13.2. The van der Waals surface area contributed by atoms with Crippen molar-refractivity contribution in [1.82, 2.24) is 15.2 Å². The third kappa shape index (κ3) is 5.37. The Kier molecular flexibility index (Phi) is 6.77. The molecule has 0 bridgehead atoms. The van der Waals surface area contributed by atoms with Crippen molar-refractivity contribution in [2.24, 2.45) is 11.8 Å². The Balaban J connectivity index is 1.47. The van der Waals surface area contributed by atoms with Crippen LogP contribution in [0.2, 0.25) is 0 Å². The second-order valence-electron chi connectivity index (χ2n) is 7.87. The number of nitrogens with one attached hydrogen (secondary N) is 2. The monoisotopic (exact) mass is 459 g/mol. The minimum absolute atomic E-state index is 0.212. The number of rotatable bonds is 8. The highest BCUT2D eigenvalue weighted by atomic mass is 32.2. The summed E-state index contributed by atoms with van der Waals surface area (Å²) in [5.41, 5.74) is 1.71. The van der Waals surface area contributed by atoms with Crippen molar-refractivity contribution >= 4 is 56.8 Å². The number of urea groups is 1. The molecule has 10 heteroatoms. The van der Waals surface area contributed by atoms with Crippen LogP contribution in [0.3, 0.4) is 0 Å². The van der Waals surface area contributed by atoms with Crippen LogP contribution in [0.25, 0.3) is 10.9 Å². The lowest BCUT2D eigenvalue weighted by molar-refractivity contribution is -0.140. The van der Waals surface area contributed by atoms with E-state index in [2.05, 4.69) is 20.5 Å². The fourth-order valence-corrected chi connectivity index (χ4v) is 5.57. The third-order valence-electron chi connectivity index (χ3n) is 5.49. The van der Waals surface area contributed by atoms with Crippen LogP contribution in [0.1, 0.15) is 32.6 Å². The van der Waals surface area contributed by atoms with Gasteiger partial charge >= 0.3 is 12.0 Å². The van der Waals surface area contributed by atoms with E-state index < -0.39 is 11.9 Å². The molecule has 0 aliphatic heterocycles. The fourth-order valence-electron chi connectivity index (χ4n) is 3.67. The van der Waals surface area contributed by atoms with Gasteiger partial charge in [-0.15, -0.1) is 11.8 Å². The van der Waals surface area contributed by atoms with Gasteiger partial charge < -0.3 is 5.11 Å². The number of hydrogen-bond acceptors (Lipinski definition) is 6. The number of aromatic amines is 1. The number of fused-ring (bicyclic) bond motifs is 1. The number of nitrogens with zero attached hydrogens (tertiary/aromatic N) is 3. The molecule has 1 unspecified atom stereocenters. The molecular formula is C21H25N5O3S2. The van der Waals surface area contributed by atoms with E-state index in [-0.39, 0.29) is 6.03 Å². The second-order valence-corrected chi connectivity index (χ2v) is 10.2. The van der Waals surface area contributed by atoms with Gasteiger partial charge in [-0.1, -0.05) is 31.1 Å². The average molecular weight is 460 g/mol. The summed E-state index contributed by atoms with van der Waals surface area (Å²) in [6.07, 6.45) is 8.13. The molecule has 1 fully saturated rings. The predicted molar refractivity (Wildman–Crippen MR) is 124 cm³/mol. The lowest BCUT2D eigenvalue weighted by Gasteiger charge is -2.25. The number of thioether (sulfide) groups is 1. The van der Waals surface area contributed by atoms with Gasteiger partial charge in [-0.05, 0) is 37.0 Å². The lowest BCUT2D eigenvalue weighted by atomic mass is 10.1. The molecule has 1 saturated carbocycles. The molecule has 31 heavy (non-hydrogen) atoms. The number of carbonyl (C=O) groups excluding carboxylic acids is 1. The number of anilines is 2. The SMILES string of the molecule is CC(CSc1cnc(NC(=O)N(CC2CCCC2)c2ccc3cn[nH]c3c2)s1)C(=O)O. The first-order chi connectivity index (χ1) is 15.0. The number of carbonyl (C=O) groups is 2. The highest BCUT2D eigenvalue weighted by Crippen LogP contribution is 2.32. The van der Waals surface area contributed by atoms with Crippen LogP contribution >= 0.6 is 23.1 Å². The standard InChI is InChI=1S/C21H25N5O3S2/c1-13(19(27)28)12-30-18-10-22-20(31-18)24-21(29)26(11-14-4-2-3-5-14)16-7-6-15-9-23-25-17(15)8-16/h6-10,13-14H,2-5,11-12H2,1H3,(H,23,25)(H,27,28)(H,22,24,29). The predicted octanol–water partition coefficient (Wildman–Crippen LogP) is 5.06. The van der Waals surface area contributed by atoms with Crippen LogP contribution in [0.15, 0.2) is 34.8 Å². The Hall–Kier alpha value is -2.59. The molecule has 1 aromatic carbocycles. The van der Waals surface area contributed by atoms with Gasteiger partial charge in [0.05, 0.1) is 28.0 Å². The molecule has 3 N–H and O–H groups in total. The van der Waals surface area contributed by atoms with Crippen molar-refractivity contribution in [3.05, 3.63) is 30.6 Å². The minimum atomic E-state index is -0.817. The largest absolute Gasteiger partial charge is 0.481 e. The highest BCUT2D eigenvalue weighted by Gasteiger charge is 2.24. The number of amides is 2. The van der Waals surface area contributed by atoms with Crippen LogP contribution in [0.5, 0.6) is 0 Å². The quantitative estimate of drug-likeness (QED) is 0.406. The Morgan fingerprint density at radius 2 is 2.16 bits per heavy atom. The first-order valence-corrected chi connectivity index (χ1v) is 12.1. The molecule has 1 atom stereocenters. The van der Waals surface area contributed by atoms with E-state index in [9.17, 15) is 9.59 Å². The number of carboxylic acids is 1. The Labute approximate surface area is 188 Å². The zero-order valence-corrected chi connectivity index (χ0v) is 18.8. The molecular weight excluding hydrogens is 434 g/mol. The van der Waals surface area contributed by atoms with Gasteiger partial charge in [-0.3, -0.25) is 20.1 Å². The van der Waals surface area contributed by atoms with Gasteiger partial charge in [0.1, 0.15) is 0 Å². The molecule has 164 valence electrons. The summed E-state index contributed by atoms with van der Waals surface area (Å²) in [5, 5.41) is 20.5. The summed E-state index contributed by atoms with van der Waals surface area (Å²) in [6, 6.07) is 5.65. The maximum Gasteiger partial charge on any atom is 0.328 e. The zero-order chi connectivity index (χ0) is 21.8. The van der Waals surface area contributed by atoms with Crippen molar-refractivity contribution in [3.63, 3.8) is 0 Å². The summed E-state index contributed by atoms with van der Waals surface area (Å²) < 4.78 is 0.879. The number of carboxylic acid groups (broad SMARTS) is 1. The van der Waals surface area contributed by atoms with E-state index in [1.165, 1.54) is 35.9 Å². The highest BCUT2D eigenvalue weighted by molar-refractivity contribution is 8.01. The van der Waals surface area contributed by atoms with Crippen LogP contribution < -0.4 is 10.2 Å². The lowest BCUT2D eigenvalue weighted by Crippen LogP contribution is -2.38. The van der Waals surface area contributed by atoms with Crippen LogP contribution in [0.4, 0.5) is 15.6 Å². The Morgan fingerprint density at radius 1 is 1.35 bits per heavy atom. The van der Waals surface area contributed by atoms with Crippen molar-refractivity contribution in [1.29, 1.82) is 0 Å². The minimum Gasteiger partial charge on any atom is -0.481 e. The van der Waals surface area contributed by atoms with Gasteiger partial charge in [0, 0.05) is 23.4 Å². The summed E-state index contributed by atoms with van der Waals surface area (Å²) in [5.74, 6) is -0.307. The zero-order valence-electron chi connectivity index (χ0n) is 17.2. The third-order valence-corrected chi connectivity index (χ3v) is 7.86. The molecule has 0 radical (unpaired) electrons. The second kappa shape index (κ2) is 9.69. The molecule has 2 aromatic heterocycles. The number of thiazole rings is 1. The first kappa shape index (κ1) is 21.6. The smallest absolute Gasteiger partial charge is 0.328 e. The molecule has 4 rings (SSSR count). The number of H-pyrrole nitrogens is 1. The molecule has 8 nitrogen and oxygen atoms in total. The fraction of sp³-hybridized carbons (Fsp3) is 0.429. The molecule has 2 heterocycles. The van der Waals surface area contributed by atoms with Gasteiger partial charge in [0.15, 0.2) is 5.13 Å². The van der Waals surface area contributed by atoms with Crippen LogP contribution in [-0.4, -0.2) is 44.6 Å².